The molecule has 4 rings (SSSR count). The molecule has 0 saturated heterocycles. The van der Waals surface area contributed by atoms with Crippen LogP contribution in [0, 0.1) is 0 Å². The third-order valence-corrected chi connectivity index (χ3v) is 3.80. The molecule has 4 nitrogen and oxygen atoms in total. The van der Waals surface area contributed by atoms with Crippen molar-refractivity contribution in [2.45, 2.75) is 6.04 Å². The van der Waals surface area contributed by atoms with Crippen LogP contribution in [0.1, 0.15) is 0 Å². The summed E-state index contributed by atoms with van der Waals surface area (Å²) in [7, 11) is 0. The van der Waals surface area contributed by atoms with E-state index in [0.717, 1.165) is 27.2 Å². The largest absolute Gasteiger partial charge is 0.368 e. The quantitative estimate of drug-likeness (QED) is 0.836. The number of nitrogens with two attached hydrogens (primary N) is 1. The first kappa shape index (κ1) is 11.9. The van der Waals surface area contributed by atoms with E-state index in [1.54, 1.807) is 6.08 Å². The molecule has 4 heteroatoms. The molecule has 0 aromatic heterocycles. The van der Waals surface area contributed by atoms with Crippen LogP contribution in [0.4, 0.5) is 0 Å². The van der Waals surface area contributed by atoms with Crippen LogP contribution in [0.5, 0.6) is 0 Å². The van der Waals surface area contributed by atoms with E-state index >= 15 is 0 Å². The zero-order valence-corrected chi connectivity index (χ0v) is 11.2. The van der Waals surface area contributed by atoms with Crippen molar-refractivity contribution in [3.8, 4) is 0 Å². The molecule has 2 aliphatic rings. The van der Waals surface area contributed by atoms with Gasteiger partial charge in [-0.05, 0) is 29.0 Å². The Morgan fingerprint density at radius 1 is 1.19 bits per heavy atom. The highest BCUT2D eigenvalue weighted by atomic mass is 16.1. The van der Waals surface area contributed by atoms with E-state index < -0.39 is 6.04 Å². The maximum absolute atomic E-state index is 11.6. The van der Waals surface area contributed by atoms with Crippen molar-refractivity contribution in [3.05, 3.63) is 71.0 Å². The van der Waals surface area contributed by atoms with E-state index in [1.807, 2.05) is 35.4 Å². The Hall–Kier alpha value is -2.88. The molecule has 1 unspecified atom stereocenters. The Kier molecular flexibility index (Phi) is 2.44. The molecule has 2 aromatic carbocycles. The fourth-order valence-electron chi connectivity index (χ4n) is 2.76. The van der Waals surface area contributed by atoms with Gasteiger partial charge in [0.2, 0.25) is 5.91 Å². The van der Waals surface area contributed by atoms with E-state index in [4.69, 9.17) is 5.73 Å². The van der Waals surface area contributed by atoms with Gasteiger partial charge in [-0.25, -0.2) is 4.99 Å². The van der Waals surface area contributed by atoms with Crippen molar-refractivity contribution in [1.29, 1.82) is 0 Å². The van der Waals surface area contributed by atoms with E-state index in [-0.39, 0.29) is 5.91 Å². The van der Waals surface area contributed by atoms with Gasteiger partial charge in [-0.15, -0.1) is 0 Å². The van der Waals surface area contributed by atoms with Crippen molar-refractivity contribution in [1.82, 2.24) is 4.90 Å². The molecule has 2 aromatic rings. The van der Waals surface area contributed by atoms with Gasteiger partial charge in [-0.2, -0.15) is 0 Å². The molecular weight excluding hydrogens is 262 g/mol. The van der Waals surface area contributed by atoms with E-state index in [9.17, 15) is 4.79 Å². The maximum Gasteiger partial charge on any atom is 0.244 e. The molecule has 0 bridgehead atoms. The van der Waals surface area contributed by atoms with Crippen LogP contribution in [0.2, 0.25) is 0 Å². The number of primary amides is 1. The van der Waals surface area contributed by atoms with Crippen LogP contribution in [0.15, 0.2) is 65.4 Å². The molecule has 1 amide bonds. The highest BCUT2D eigenvalue weighted by Gasteiger charge is 2.25. The molecule has 2 heterocycles. The number of hydrogen-bond donors (Lipinski definition) is 1. The maximum atomic E-state index is 11.6. The van der Waals surface area contributed by atoms with Crippen molar-refractivity contribution in [3.63, 3.8) is 0 Å². The summed E-state index contributed by atoms with van der Waals surface area (Å²) in [5.74, 6) is 0.358. The van der Waals surface area contributed by atoms with E-state index in [1.165, 1.54) is 0 Å². The van der Waals surface area contributed by atoms with Crippen LogP contribution >= 0.6 is 0 Å². The molecule has 102 valence electrons. The highest BCUT2D eigenvalue weighted by Crippen LogP contribution is 2.19. The summed E-state index contributed by atoms with van der Waals surface area (Å²) in [4.78, 5) is 18.0. The van der Waals surface area contributed by atoms with Crippen LogP contribution in [0.3, 0.4) is 0 Å². The first-order valence-electron chi connectivity index (χ1n) is 6.78. The van der Waals surface area contributed by atoms with Gasteiger partial charge in [0.25, 0.3) is 0 Å². The van der Waals surface area contributed by atoms with Gasteiger partial charge >= 0.3 is 0 Å². The number of allylic oxidation sites excluding steroid dienone is 2. The fraction of sp³-hybridized carbons (Fsp3) is 0.0588. The molecule has 1 atom stereocenters. The predicted octanol–water partition coefficient (Wildman–Crippen LogP) is 0.778. The molecule has 2 N–H and O–H groups in total. The number of benzene rings is 2. The zero-order valence-electron chi connectivity index (χ0n) is 11.2. The zero-order chi connectivity index (χ0) is 14.4. The molecule has 21 heavy (non-hydrogen) atoms. The summed E-state index contributed by atoms with van der Waals surface area (Å²) >= 11 is 0. The number of carbonyl (C=O) groups is 1. The van der Waals surface area contributed by atoms with Gasteiger partial charge in [0, 0.05) is 11.4 Å². The first-order valence-corrected chi connectivity index (χ1v) is 6.78. The molecule has 0 fully saturated rings. The third kappa shape index (κ3) is 1.84. The SMILES string of the molecule is NC(=O)C1C=CC=C2N=c3cc4ccccc4cc3=CN21. The Labute approximate surface area is 121 Å². The number of fused-ring (bicyclic) bond motifs is 3. The minimum Gasteiger partial charge on any atom is -0.368 e. The van der Waals surface area contributed by atoms with Crippen molar-refractivity contribution in [2.75, 3.05) is 0 Å². The van der Waals surface area contributed by atoms with Crippen LogP contribution in [-0.4, -0.2) is 16.8 Å². The van der Waals surface area contributed by atoms with Crippen LogP contribution in [0.25, 0.3) is 17.0 Å². The fourth-order valence-corrected chi connectivity index (χ4v) is 2.76. The molecule has 0 radical (unpaired) electrons. The van der Waals surface area contributed by atoms with Gasteiger partial charge < -0.3 is 10.6 Å². The standard InChI is InChI=1S/C17H13N3O/c18-17(21)15-6-3-7-16-19-14-9-12-5-2-1-4-11(12)8-13(14)10-20(15)16/h1-10,15H,(H2,18,21). The monoisotopic (exact) mass is 275 g/mol. The third-order valence-electron chi connectivity index (χ3n) is 3.80. The van der Waals surface area contributed by atoms with Crippen LogP contribution in [-0.2, 0) is 4.79 Å². The topological polar surface area (TPSA) is 58.7 Å². The van der Waals surface area contributed by atoms with Gasteiger partial charge in [0.05, 0.1) is 5.36 Å². The number of nitrogens with zero attached hydrogens (tertiary/aromatic N) is 2. The van der Waals surface area contributed by atoms with Gasteiger partial charge in [-0.1, -0.05) is 36.4 Å². The Morgan fingerprint density at radius 2 is 1.95 bits per heavy atom. The molecule has 0 aliphatic carbocycles. The average Bonchev–Trinajstić information content (AvgIpc) is 2.50. The molecular formula is C17H13N3O. The Bertz CT molecular complexity index is 940. The summed E-state index contributed by atoms with van der Waals surface area (Å²) in [5, 5.41) is 4.21. The average molecular weight is 275 g/mol. The minimum absolute atomic E-state index is 0.382. The number of amides is 1. The molecule has 2 aliphatic heterocycles. The normalized spacial score (nSPS) is 19.1. The summed E-state index contributed by atoms with van der Waals surface area (Å²) in [5.41, 5.74) is 5.46. The number of rotatable bonds is 1. The van der Waals surface area contributed by atoms with E-state index in [2.05, 4.69) is 29.3 Å². The number of hydrogen-bond acceptors (Lipinski definition) is 3. The second kappa shape index (κ2) is 4.31. The van der Waals surface area contributed by atoms with Gasteiger partial charge in [-0.3, -0.25) is 4.79 Å². The summed E-state index contributed by atoms with van der Waals surface area (Å²) in [6.45, 7) is 0. The second-order valence-corrected chi connectivity index (χ2v) is 5.16. The smallest absolute Gasteiger partial charge is 0.244 e. The van der Waals surface area contributed by atoms with Gasteiger partial charge in [0.1, 0.15) is 11.9 Å². The molecule has 0 spiro atoms. The summed E-state index contributed by atoms with van der Waals surface area (Å²) in [6.07, 6.45) is 7.43. The number of carbonyl (C=O) groups excluding carboxylic acids is 1. The first-order chi connectivity index (χ1) is 10.2. The molecule has 0 saturated carbocycles. The van der Waals surface area contributed by atoms with Crippen molar-refractivity contribution in [2.24, 2.45) is 10.7 Å². The van der Waals surface area contributed by atoms with Crippen molar-refractivity contribution < 1.29 is 4.79 Å². The van der Waals surface area contributed by atoms with Crippen LogP contribution < -0.4 is 16.3 Å². The lowest BCUT2D eigenvalue weighted by atomic mass is 10.1. The highest BCUT2D eigenvalue weighted by molar-refractivity contribution is 5.84. The minimum atomic E-state index is -0.478. The lowest BCUT2D eigenvalue weighted by Gasteiger charge is -2.30. The lowest BCUT2D eigenvalue weighted by Crippen LogP contribution is -2.45. The van der Waals surface area contributed by atoms with Crippen molar-refractivity contribution >= 4 is 22.9 Å². The second-order valence-electron chi connectivity index (χ2n) is 5.16. The summed E-state index contributed by atoms with van der Waals surface area (Å²) < 4.78 is 0. The Morgan fingerprint density at radius 3 is 2.71 bits per heavy atom. The summed E-state index contributed by atoms with van der Waals surface area (Å²) in [6, 6.07) is 11.8. The predicted molar refractivity (Wildman–Crippen MR) is 81.2 cm³/mol. The van der Waals surface area contributed by atoms with E-state index in [0.29, 0.717) is 0 Å². The Balaban J connectivity index is 1.99. The lowest BCUT2D eigenvalue weighted by molar-refractivity contribution is -0.120. The van der Waals surface area contributed by atoms with Gasteiger partial charge in [0.15, 0.2) is 0 Å².